The van der Waals surface area contributed by atoms with Crippen molar-refractivity contribution in [2.24, 2.45) is 11.1 Å². The van der Waals surface area contributed by atoms with Crippen LogP contribution in [0.2, 0.25) is 0 Å². The summed E-state index contributed by atoms with van der Waals surface area (Å²) in [4.78, 5) is 18.8. The highest BCUT2D eigenvalue weighted by Crippen LogP contribution is 2.44. The van der Waals surface area contributed by atoms with E-state index in [1.54, 1.807) is 12.5 Å². The third-order valence-electron chi connectivity index (χ3n) is 3.30. The van der Waals surface area contributed by atoms with Crippen LogP contribution in [-0.4, -0.2) is 40.2 Å². The predicted octanol–water partition coefficient (Wildman–Crippen LogP) is -0.832. The summed E-state index contributed by atoms with van der Waals surface area (Å²) in [7, 11) is 0. The van der Waals surface area contributed by atoms with Crippen molar-refractivity contribution < 1.29 is 9.90 Å². The number of aliphatic hydroxyl groups is 1. The molecule has 94 valence electrons. The van der Waals surface area contributed by atoms with Crippen LogP contribution in [0.4, 0.5) is 0 Å². The Kier molecular flexibility index (Phi) is 3.44. The van der Waals surface area contributed by atoms with Crippen molar-refractivity contribution in [2.75, 3.05) is 13.2 Å². The molecule has 1 fully saturated rings. The van der Waals surface area contributed by atoms with Crippen LogP contribution < -0.4 is 11.1 Å². The number of nitrogens with one attached hydrogen (secondary N) is 2. The van der Waals surface area contributed by atoms with E-state index in [-0.39, 0.29) is 24.0 Å². The van der Waals surface area contributed by atoms with Gasteiger partial charge in [0.25, 0.3) is 0 Å². The first kappa shape index (κ1) is 12.1. The van der Waals surface area contributed by atoms with Gasteiger partial charge < -0.3 is 21.1 Å². The number of amides is 1. The highest BCUT2D eigenvalue weighted by molar-refractivity contribution is 5.85. The molecule has 6 nitrogen and oxygen atoms in total. The van der Waals surface area contributed by atoms with E-state index < -0.39 is 0 Å². The molecule has 0 saturated heterocycles. The number of aromatic amines is 1. The number of rotatable bonds is 6. The fourth-order valence-electron chi connectivity index (χ4n) is 1.84. The van der Waals surface area contributed by atoms with Crippen LogP contribution in [0.15, 0.2) is 12.5 Å². The fraction of sp³-hybridized carbons (Fsp3) is 0.636. The lowest BCUT2D eigenvalue weighted by atomic mass is 10.1. The average molecular weight is 238 g/mol. The molecule has 0 aliphatic heterocycles. The van der Waals surface area contributed by atoms with E-state index in [1.807, 2.05) is 0 Å². The van der Waals surface area contributed by atoms with Gasteiger partial charge in [0.15, 0.2) is 0 Å². The average Bonchev–Trinajstić information content (AvgIpc) is 2.99. The van der Waals surface area contributed by atoms with Crippen molar-refractivity contribution in [1.29, 1.82) is 0 Å². The molecule has 1 amide bonds. The number of carbonyl (C=O) groups excluding carboxylic acids is 1. The maximum absolute atomic E-state index is 11.9. The van der Waals surface area contributed by atoms with E-state index in [0.29, 0.717) is 13.0 Å². The van der Waals surface area contributed by atoms with Gasteiger partial charge in [-0.2, -0.15) is 0 Å². The summed E-state index contributed by atoms with van der Waals surface area (Å²) in [6.07, 6.45) is 5.50. The van der Waals surface area contributed by atoms with Gasteiger partial charge in [-0.25, -0.2) is 4.98 Å². The van der Waals surface area contributed by atoms with E-state index in [2.05, 4.69) is 15.3 Å². The van der Waals surface area contributed by atoms with Gasteiger partial charge in [-0.15, -0.1) is 0 Å². The van der Waals surface area contributed by atoms with Crippen LogP contribution in [0, 0.1) is 5.41 Å². The van der Waals surface area contributed by atoms with E-state index in [1.165, 1.54) is 0 Å². The van der Waals surface area contributed by atoms with Gasteiger partial charge in [-0.05, 0) is 12.8 Å². The van der Waals surface area contributed by atoms with Crippen LogP contribution in [0.25, 0.3) is 0 Å². The lowest BCUT2D eigenvalue weighted by molar-refractivity contribution is -0.127. The fourth-order valence-corrected chi connectivity index (χ4v) is 1.84. The minimum absolute atomic E-state index is 0.0430. The number of H-pyrrole nitrogens is 1. The summed E-state index contributed by atoms with van der Waals surface area (Å²) in [5.41, 5.74) is 6.10. The van der Waals surface area contributed by atoms with Crippen molar-refractivity contribution in [3.05, 3.63) is 18.2 Å². The molecule has 0 spiro atoms. The van der Waals surface area contributed by atoms with Crippen molar-refractivity contribution in [1.82, 2.24) is 15.3 Å². The Morgan fingerprint density at radius 2 is 2.47 bits per heavy atom. The number of aromatic nitrogens is 2. The quantitative estimate of drug-likeness (QED) is 0.519. The summed E-state index contributed by atoms with van der Waals surface area (Å²) in [5, 5.41) is 12.1. The maximum Gasteiger partial charge on any atom is 0.227 e. The van der Waals surface area contributed by atoms with Gasteiger partial charge in [-0.1, -0.05) is 0 Å². The van der Waals surface area contributed by atoms with Crippen LogP contribution in [0.5, 0.6) is 0 Å². The predicted molar refractivity (Wildman–Crippen MR) is 62.0 cm³/mol. The van der Waals surface area contributed by atoms with Gasteiger partial charge in [-0.3, -0.25) is 4.79 Å². The topological polar surface area (TPSA) is 104 Å². The third kappa shape index (κ3) is 2.65. The molecule has 2 rings (SSSR count). The molecule has 1 aromatic rings. The lowest BCUT2D eigenvalue weighted by Gasteiger charge is -2.19. The Morgan fingerprint density at radius 1 is 1.71 bits per heavy atom. The second-order valence-electron chi connectivity index (χ2n) is 4.62. The molecule has 0 bridgehead atoms. The number of nitrogens with zero attached hydrogens (tertiary/aromatic N) is 1. The van der Waals surface area contributed by atoms with Gasteiger partial charge in [0, 0.05) is 24.9 Å². The van der Waals surface area contributed by atoms with Crippen LogP contribution in [0.3, 0.4) is 0 Å². The van der Waals surface area contributed by atoms with E-state index in [4.69, 9.17) is 5.73 Å². The number of imidazole rings is 1. The summed E-state index contributed by atoms with van der Waals surface area (Å²) in [5.74, 6) is -0.0430. The summed E-state index contributed by atoms with van der Waals surface area (Å²) >= 11 is 0. The van der Waals surface area contributed by atoms with Gasteiger partial charge >= 0.3 is 0 Å². The molecule has 1 saturated carbocycles. The van der Waals surface area contributed by atoms with Gasteiger partial charge in [0.05, 0.1) is 24.4 Å². The van der Waals surface area contributed by atoms with E-state index >= 15 is 0 Å². The van der Waals surface area contributed by atoms with Crippen molar-refractivity contribution >= 4 is 5.91 Å². The van der Waals surface area contributed by atoms with Crippen molar-refractivity contribution in [3.63, 3.8) is 0 Å². The maximum atomic E-state index is 11.9. The second kappa shape index (κ2) is 4.85. The summed E-state index contributed by atoms with van der Waals surface area (Å²) in [6.45, 7) is 0.284. The zero-order valence-electron chi connectivity index (χ0n) is 9.65. The first-order valence-electron chi connectivity index (χ1n) is 5.79. The largest absolute Gasteiger partial charge is 0.394 e. The zero-order valence-corrected chi connectivity index (χ0v) is 9.65. The molecular formula is C11H18N4O2. The molecule has 6 heteroatoms. The second-order valence-corrected chi connectivity index (χ2v) is 4.62. The Balaban J connectivity index is 1.89. The summed E-state index contributed by atoms with van der Waals surface area (Å²) < 4.78 is 0. The minimum atomic E-state index is -0.374. The molecule has 0 radical (unpaired) electrons. The number of carbonyl (C=O) groups is 1. The Labute approximate surface area is 99.6 Å². The lowest BCUT2D eigenvalue weighted by Crippen LogP contribution is -2.45. The molecule has 1 aromatic heterocycles. The minimum Gasteiger partial charge on any atom is -0.394 e. The van der Waals surface area contributed by atoms with Crippen LogP contribution in [-0.2, 0) is 11.2 Å². The molecule has 1 aliphatic rings. The van der Waals surface area contributed by atoms with Crippen LogP contribution in [0.1, 0.15) is 18.5 Å². The SMILES string of the molecule is NCC1(C(=O)NC(CO)Cc2cnc[nH]2)CC1. The number of hydrogen-bond donors (Lipinski definition) is 4. The summed E-state index contributed by atoms with van der Waals surface area (Å²) in [6, 6.07) is -0.285. The zero-order chi connectivity index (χ0) is 12.3. The molecule has 1 heterocycles. The standard InChI is InChI=1S/C11H18N4O2/c12-6-11(1-2-11)10(17)15-9(5-16)3-8-4-13-7-14-8/h4,7,9,16H,1-3,5-6,12H2,(H,13,14)(H,15,17). The smallest absolute Gasteiger partial charge is 0.227 e. The van der Waals surface area contributed by atoms with Crippen LogP contribution >= 0.6 is 0 Å². The third-order valence-corrected chi connectivity index (χ3v) is 3.30. The molecular weight excluding hydrogens is 220 g/mol. The molecule has 1 atom stereocenters. The van der Waals surface area contributed by atoms with E-state index in [0.717, 1.165) is 18.5 Å². The molecule has 0 aromatic carbocycles. The normalized spacial score (nSPS) is 18.7. The van der Waals surface area contributed by atoms with Crippen molar-refractivity contribution in [2.45, 2.75) is 25.3 Å². The highest BCUT2D eigenvalue weighted by Gasteiger charge is 2.48. The Morgan fingerprint density at radius 3 is 2.94 bits per heavy atom. The van der Waals surface area contributed by atoms with Gasteiger partial charge in [0.1, 0.15) is 0 Å². The first-order valence-corrected chi connectivity index (χ1v) is 5.79. The number of aliphatic hydroxyl groups excluding tert-OH is 1. The van der Waals surface area contributed by atoms with E-state index in [9.17, 15) is 9.90 Å². The van der Waals surface area contributed by atoms with Gasteiger partial charge in [0.2, 0.25) is 5.91 Å². The molecule has 5 N–H and O–H groups in total. The highest BCUT2D eigenvalue weighted by atomic mass is 16.3. The monoisotopic (exact) mass is 238 g/mol. The molecule has 1 aliphatic carbocycles. The Bertz CT molecular complexity index is 373. The van der Waals surface area contributed by atoms with Crippen molar-refractivity contribution in [3.8, 4) is 0 Å². The number of nitrogens with two attached hydrogens (primary N) is 1. The molecule has 1 unspecified atom stereocenters. The first-order chi connectivity index (χ1) is 8.20. The Hall–Kier alpha value is -1.40. The number of hydrogen-bond acceptors (Lipinski definition) is 4. The molecule has 17 heavy (non-hydrogen) atoms.